The molecule has 1 saturated heterocycles. The van der Waals surface area contributed by atoms with Crippen molar-refractivity contribution in [2.45, 2.75) is 64.6 Å². The van der Waals surface area contributed by atoms with E-state index in [1.165, 1.54) is 25.8 Å². The summed E-state index contributed by atoms with van der Waals surface area (Å²) in [5.74, 6) is 0.773. The van der Waals surface area contributed by atoms with Gasteiger partial charge < -0.3 is 15.7 Å². The average Bonchev–Trinajstić information content (AvgIpc) is 3.13. The molecular formula is C19H34N4OS. The van der Waals surface area contributed by atoms with Gasteiger partial charge in [-0.15, -0.1) is 0 Å². The maximum atomic E-state index is 10.6. The number of nitrogens with one attached hydrogen (secondary N) is 2. The van der Waals surface area contributed by atoms with Gasteiger partial charge in [0.15, 0.2) is 5.96 Å². The summed E-state index contributed by atoms with van der Waals surface area (Å²) in [6, 6.07) is 3.08. The van der Waals surface area contributed by atoms with Crippen molar-refractivity contribution < 1.29 is 5.11 Å². The summed E-state index contributed by atoms with van der Waals surface area (Å²) in [7, 11) is 0. The molecule has 0 bridgehead atoms. The van der Waals surface area contributed by atoms with Crippen LogP contribution < -0.4 is 10.6 Å². The number of guanidine groups is 1. The van der Waals surface area contributed by atoms with Gasteiger partial charge in [0.2, 0.25) is 0 Å². The molecule has 3 atom stereocenters. The zero-order valence-corrected chi connectivity index (χ0v) is 16.9. The number of likely N-dealkylation sites (tertiary alicyclic amines) is 1. The van der Waals surface area contributed by atoms with E-state index in [0.717, 1.165) is 24.6 Å². The third-order valence-electron chi connectivity index (χ3n) is 5.02. The zero-order chi connectivity index (χ0) is 18.3. The number of piperidine rings is 1. The molecule has 0 aromatic carbocycles. The summed E-state index contributed by atoms with van der Waals surface area (Å²) in [6.45, 7) is 11.7. The van der Waals surface area contributed by atoms with Crippen LogP contribution in [0.3, 0.4) is 0 Å². The Morgan fingerprint density at radius 3 is 2.92 bits per heavy atom. The average molecular weight is 367 g/mol. The van der Waals surface area contributed by atoms with E-state index in [4.69, 9.17) is 0 Å². The number of hydrogen-bond acceptors (Lipinski definition) is 4. The molecule has 0 aliphatic carbocycles. The predicted octanol–water partition coefficient (Wildman–Crippen LogP) is 2.77. The van der Waals surface area contributed by atoms with Crippen LogP contribution in [0.5, 0.6) is 0 Å². The highest BCUT2D eigenvalue weighted by Gasteiger charge is 2.24. The Bertz CT molecular complexity index is 530. The largest absolute Gasteiger partial charge is 0.383 e. The number of thiophene rings is 1. The second kappa shape index (κ2) is 9.55. The van der Waals surface area contributed by atoms with Crippen LogP contribution in [0.1, 0.15) is 52.5 Å². The lowest BCUT2D eigenvalue weighted by Gasteiger charge is -2.38. The Kier molecular flexibility index (Phi) is 7.72. The first-order valence-corrected chi connectivity index (χ1v) is 10.4. The van der Waals surface area contributed by atoms with Crippen LogP contribution >= 0.6 is 11.3 Å². The van der Waals surface area contributed by atoms with E-state index in [9.17, 15) is 5.11 Å². The summed E-state index contributed by atoms with van der Waals surface area (Å²) in [5, 5.41) is 21.3. The Morgan fingerprint density at radius 1 is 1.48 bits per heavy atom. The number of aliphatic imine (C=N–C) groups is 1. The van der Waals surface area contributed by atoms with Gasteiger partial charge in [0, 0.05) is 25.2 Å². The van der Waals surface area contributed by atoms with Gasteiger partial charge in [-0.05, 0) is 69.5 Å². The fourth-order valence-corrected chi connectivity index (χ4v) is 4.16. The molecule has 0 saturated carbocycles. The van der Waals surface area contributed by atoms with Gasteiger partial charge in [-0.2, -0.15) is 11.3 Å². The Morgan fingerprint density at radius 2 is 2.28 bits per heavy atom. The quantitative estimate of drug-likeness (QED) is 0.513. The molecule has 0 radical (unpaired) electrons. The Balaban J connectivity index is 1.91. The van der Waals surface area contributed by atoms with Crippen LogP contribution in [0.15, 0.2) is 21.8 Å². The summed E-state index contributed by atoms with van der Waals surface area (Å²) >= 11 is 1.60. The van der Waals surface area contributed by atoms with Crippen molar-refractivity contribution in [1.29, 1.82) is 0 Å². The minimum Gasteiger partial charge on any atom is -0.383 e. The second-order valence-electron chi connectivity index (χ2n) is 7.29. The first kappa shape index (κ1) is 20.2. The molecule has 25 heavy (non-hydrogen) atoms. The SMILES string of the molecule is CCNC(=NCC(C)(O)c1ccsc1)NCC(C)N1CCCCC1C. The van der Waals surface area contributed by atoms with Gasteiger partial charge in [0.1, 0.15) is 5.60 Å². The molecule has 6 heteroatoms. The number of aliphatic hydroxyl groups is 1. The third kappa shape index (κ3) is 5.97. The fourth-order valence-electron chi connectivity index (χ4n) is 3.37. The summed E-state index contributed by atoms with van der Waals surface area (Å²) in [4.78, 5) is 7.19. The fraction of sp³-hybridized carbons (Fsp3) is 0.737. The topological polar surface area (TPSA) is 59.9 Å². The molecule has 1 aliphatic heterocycles. The molecule has 1 aromatic rings. The standard InChI is InChI=1S/C19H34N4OS/c1-5-20-18(22-14-19(4,24)17-9-11-25-13-17)21-12-16(3)23-10-7-6-8-15(23)2/h9,11,13,15-16,24H,5-8,10,12,14H2,1-4H3,(H2,20,21,22). The van der Waals surface area contributed by atoms with Crippen LogP contribution in [0.2, 0.25) is 0 Å². The normalized spacial score (nSPS) is 23.1. The van der Waals surface area contributed by atoms with Crippen LogP contribution in [0, 0.1) is 0 Å². The minimum absolute atomic E-state index is 0.341. The molecule has 5 nitrogen and oxygen atoms in total. The maximum absolute atomic E-state index is 10.6. The van der Waals surface area contributed by atoms with E-state index in [1.807, 2.05) is 23.8 Å². The molecule has 2 rings (SSSR count). The van der Waals surface area contributed by atoms with Crippen LogP contribution in [-0.2, 0) is 5.60 Å². The summed E-state index contributed by atoms with van der Waals surface area (Å²) < 4.78 is 0. The van der Waals surface area contributed by atoms with Gasteiger partial charge in [0.05, 0.1) is 6.54 Å². The van der Waals surface area contributed by atoms with Crippen molar-refractivity contribution in [3.05, 3.63) is 22.4 Å². The van der Waals surface area contributed by atoms with E-state index in [-0.39, 0.29) is 0 Å². The first-order chi connectivity index (χ1) is 11.9. The molecule has 3 N–H and O–H groups in total. The third-order valence-corrected chi connectivity index (χ3v) is 5.70. The smallest absolute Gasteiger partial charge is 0.191 e. The predicted molar refractivity (Wildman–Crippen MR) is 107 cm³/mol. The zero-order valence-electron chi connectivity index (χ0n) is 16.1. The monoisotopic (exact) mass is 366 g/mol. The lowest BCUT2D eigenvalue weighted by molar-refractivity contribution is 0.0677. The molecule has 0 spiro atoms. The van der Waals surface area contributed by atoms with E-state index < -0.39 is 5.60 Å². The highest BCUT2D eigenvalue weighted by molar-refractivity contribution is 7.08. The molecule has 1 aromatic heterocycles. The van der Waals surface area contributed by atoms with Gasteiger partial charge in [-0.25, -0.2) is 4.99 Å². The number of nitrogens with zero attached hydrogens (tertiary/aromatic N) is 2. The molecule has 3 unspecified atom stereocenters. The lowest BCUT2D eigenvalue weighted by atomic mass is 10.00. The molecule has 2 heterocycles. The van der Waals surface area contributed by atoms with Gasteiger partial charge in [0.25, 0.3) is 0 Å². The van der Waals surface area contributed by atoms with Gasteiger partial charge >= 0.3 is 0 Å². The second-order valence-corrected chi connectivity index (χ2v) is 8.07. The van der Waals surface area contributed by atoms with Crippen molar-refractivity contribution in [3.8, 4) is 0 Å². The van der Waals surface area contributed by atoms with E-state index in [1.54, 1.807) is 11.3 Å². The van der Waals surface area contributed by atoms with Crippen molar-refractivity contribution in [2.24, 2.45) is 4.99 Å². The van der Waals surface area contributed by atoms with Crippen molar-refractivity contribution >= 4 is 17.3 Å². The van der Waals surface area contributed by atoms with E-state index >= 15 is 0 Å². The van der Waals surface area contributed by atoms with Crippen molar-refractivity contribution in [1.82, 2.24) is 15.5 Å². The molecular weight excluding hydrogens is 332 g/mol. The highest BCUT2D eigenvalue weighted by atomic mass is 32.1. The van der Waals surface area contributed by atoms with Crippen molar-refractivity contribution in [3.63, 3.8) is 0 Å². The Hall–Kier alpha value is -1.11. The minimum atomic E-state index is -0.935. The number of hydrogen-bond donors (Lipinski definition) is 3. The molecule has 142 valence electrons. The highest BCUT2D eigenvalue weighted by Crippen LogP contribution is 2.23. The van der Waals surface area contributed by atoms with Gasteiger partial charge in [-0.1, -0.05) is 6.42 Å². The summed E-state index contributed by atoms with van der Waals surface area (Å²) in [6.07, 6.45) is 3.94. The van der Waals surface area contributed by atoms with Crippen molar-refractivity contribution in [2.75, 3.05) is 26.2 Å². The maximum Gasteiger partial charge on any atom is 0.191 e. The van der Waals surface area contributed by atoms with Gasteiger partial charge in [-0.3, -0.25) is 4.90 Å². The summed E-state index contributed by atoms with van der Waals surface area (Å²) in [5.41, 5.74) is -0.0115. The van der Waals surface area contributed by atoms with E-state index in [0.29, 0.717) is 18.6 Å². The van der Waals surface area contributed by atoms with E-state index in [2.05, 4.69) is 41.3 Å². The molecule has 1 fully saturated rings. The van der Waals surface area contributed by atoms with Crippen LogP contribution in [0.4, 0.5) is 0 Å². The van der Waals surface area contributed by atoms with Crippen LogP contribution in [-0.4, -0.2) is 54.2 Å². The lowest BCUT2D eigenvalue weighted by Crippen LogP contribution is -2.50. The Labute approximate surface area is 156 Å². The van der Waals surface area contributed by atoms with Crippen LogP contribution in [0.25, 0.3) is 0 Å². The molecule has 0 amide bonds. The first-order valence-electron chi connectivity index (χ1n) is 9.47. The molecule has 1 aliphatic rings. The number of rotatable bonds is 7.